The zero-order valence-electron chi connectivity index (χ0n) is 21.2. The zero-order chi connectivity index (χ0) is 26.1. The Morgan fingerprint density at radius 2 is 0.900 bits per heavy atom. The molecule has 5 heteroatoms. The third-order valence-electron chi connectivity index (χ3n) is 7.01. The number of fused-ring (bicyclic) bond motifs is 3. The van der Waals surface area contributed by atoms with Gasteiger partial charge in [-0.05, 0) is 28.7 Å². The van der Waals surface area contributed by atoms with E-state index < -0.39 is 5.41 Å². The standard InChI is InChI=1S/C35H22N2O2.Pt/c1-3-11-25(12-4-1)35(26-13-5-2-6-14-26)31-19-17-27(38-33-15-7-9-21-36-33)23-29(31)30-24-28(18-20-32(30)35)39-34-16-8-10-22-37-34;/h1-22H;/q-2;+2. The van der Waals surface area contributed by atoms with Crippen molar-refractivity contribution in [2.45, 2.75) is 5.41 Å². The van der Waals surface area contributed by atoms with Crippen molar-refractivity contribution in [2.75, 3.05) is 0 Å². The van der Waals surface area contributed by atoms with Gasteiger partial charge in [-0.15, -0.1) is 36.4 Å². The summed E-state index contributed by atoms with van der Waals surface area (Å²) < 4.78 is 12.2. The van der Waals surface area contributed by atoms with Gasteiger partial charge in [0.25, 0.3) is 0 Å². The number of hydrogen-bond acceptors (Lipinski definition) is 4. The second-order valence-corrected chi connectivity index (χ2v) is 9.24. The molecular weight excluding hydrogens is 675 g/mol. The predicted molar refractivity (Wildman–Crippen MR) is 150 cm³/mol. The van der Waals surface area contributed by atoms with Crippen LogP contribution in [-0.2, 0) is 26.5 Å². The van der Waals surface area contributed by atoms with Crippen molar-refractivity contribution in [3.8, 4) is 34.4 Å². The van der Waals surface area contributed by atoms with Crippen LogP contribution >= 0.6 is 0 Å². The van der Waals surface area contributed by atoms with Crippen molar-refractivity contribution in [1.29, 1.82) is 0 Å². The van der Waals surface area contributed by atoms with Gasteiger partial charge in [0.05, 0.1) is 0 Å². The molecule has 0 fully saturated rings. The maximum Gasteiger partial charge on any atom is 2.00 e. The van der Waals surface area contributed by atoms with Gasteiger partial charge in [0.1, 0.15) is 0 Å². The molecule has 0 atom stereocenters. The maximum absolute atomic E-state index is 6.10. The zero-order valence-corrected chi connectivity index (χ0v) is 23.5. The van der Waals surface area contributed by atoms with Gasteiger partial charge in [0.15, 0.2) is 0 Å². The molecule has 4 nitrogen and oxygen atoms in total. The van der Waals surface area contributed by atoms with Crippen molar-refractivity contribution in [3.05, 3.63) is 168 Å². The molecule has 1 aliphatic carbocycles. The second kappa shape index (κ2) is 10.9. The van der Waals surface area contributed by atoms with Crippen LogP contribution in [0.5, 0.6) is 23.3 Å². The monoisotopic (exact) mass is 697 g/mol. The van der Waals surface area contributed by atoms with Gasteiger partial charge in [-0.2, -0.15) is 11.1 Å². The minimum Gasteiger partial charge on any atom is -0.460 e. The summed E-state index contributed by atoms with van der Waals surface area (Å²) in [6.07, 6.45) is 3.42. The Labute approximate surface area is 247 Å². The van der Waals surface area contributed by atoms with Crippen molar-refractivity contribution in [1.82, 2.24) is 9.97 Å². The molecule has 0 N–H and O–H groups in total. The molecule has 0 aliphatic heterocycles. The van der Waals surface area contributed by atoms with Gasteiger partial charge in [-0.25, -0.2) is 21.1 Å². The summed E-state index contributed by atoms with van der Waals surface area (Å²) >= 11 is 0. The smallest absolute Gasteiger partial charge is 0.460 e. The predicted octanol–water partition coefficient (Wildman–Crippen LogP) is 8.02. The number of ether oxygens (including phenoxy) is 2. The number of hydrogen-bond donors (Lipinski definition) is 0. The Balaban J connectivity index is 0.00000289. The number of benzene rings is 4. The van der Waals surface area contributed by atoms with E-state index in [9.17, 15) is 0 Å². The fourth-order valence-electron chi connectivity index (χ4n) is 5.44. The van der Waals surface area contributed by atoms with Gasteiger partial charge in [-0.3, -0.25) is 0 Å². The SMILES string of the molecule is [Pt+2].[c-]1c(Oc2ccccn2)ccc2c1-c1[c-]c(Oc3ccccn3)ccc1C2(c1ccccc1)c1ccccc1. The van der Waals surface area contributed by atoms with E-state index in [0.717, 1.165) is 33.4 Å². The first-order chi connectivity index (χ1) is 19.3. The number of pyridine rings is 2. The summed E-state index contributed by atoms with van der Waals surface area (Å²) in [5, 5.41) is 0. The minimum absolute atomic E-state index is 0. The third kappa shape index (κ3) is 4.41. The summed E-state index contributed by atoms with van der Waals surface area (Å²) in [6, 6.07) is 47.7. The number of nitrogens with zero attached hydrogens (tertiary/aromatic N) is 2. The Kier molecular flexibility index (Phi) is 7.02. The molecule has 0 saturated carbocycles. The minimum atomic E-state index is -0.562. The summed E-state index contributed by atoms with van der Waals surface area (Å²) in [4.78, 5) is 8.64. The van der Waals surface area contributed by atoms with Crippen LogP contribution in [0, 0.1) is 12.1 Å². The fourth-order valence-corrected chi connectivity index (χ4v) is 5.44. The van der Waals surface area contributed by atoms with Gasteiger partial charge >= 0.3 is 21.1 Å². The normalized spacial score (nSPS) is 12.5. The molecule has 2 heterocycles. The Morgan fingerprint density at radius 1 is 0.475 bits per heavy atom. The molecule has 40 heavy (non-hydrogen) atoms. The molecule has 0 bridgehead atoms. The van der Waals surface area contributed by atoms with Crippen LogP contribution in [0.3, 0.4) is 0 Å². The third-order valence-corrected chi connectivity index (χ3v) is 7.01. The molecule has 0 spiro atoms. The number of aromatic nitrogens is 2. The molecule has 0 radical (unpaired) electrons. The average Bonchev–Trinajstić information content (AvgIpc) is 3.29. The first-order valence-electron chi connectivity index (χ1n) is 12.8. The van der Waals surface area contributed by atoms with Crippen LogP contribution in [0.1, 0.15) is 22.3 Å². The van der Waals surface area contributed by atoms with E-state index in [1.807, 2.05) is 60.7 Å². The van der Waals surface area contributed by atoms with Crippen molar-refractivity contribution < 1.29 is 30.5 Å². The van der Waals surface area contributed by atoms with Crippen LogP contribution in [-0.4, -0.2) is 9.97 Å². The first kappa shape index (κ1) is 25.7. The van der Waals surface area contributed by atoms with Gasteiger partial charge in [0.2, 0.25) is 11.8 Å². The summed E-state index contributed by atoms with van der Waals surface area (Å²) in [6.45, 7) is 0. The van der Waals surface area contributed by atoms with Crippen molar-refractivity contribution in [2.24, 2.45) is 0 Å². The molecule has 2 aromatic heterocycles. The van der Waals surface area contributed by atoms with Crippen LogP contribution in [0.25, 0.3) is 11.1 Å². The number of rotatable bonds is 6. The van der Waals surface area contributed by atoms with E-state index in [2.05, 4.69) is 82.8 Å². The van der Waals surface area contributed by atoms with Crippen LogP contribution in [0.15, 0.2) is 134 Å². The first-order valence-corrected chi connectivity index (χ1v) is 12.8. The fraction of sp³-hybridized carbons (Fsp3) is 0.0286. The summed E-state index contributed by atoms with van der Waals surface area (Å²) in [5.74, 6) is 2.19. The van der Waals surface area contributed by atoms with E-state index >= 15 is 0 Å². The Bertz CT molecular complexity index is 1610. The average molecular weight is 698 g/mol. The van der Waals surface area contributed by atoms with Gasteiger partial charge in [-0.1, -0.05) is 72.8 Å². The van der Waals surface area contributed by atoms with Crippen LogP contribution in [0.4, 0.5) is 0 Å². The van der Waals surface area contributed by atoms with E-state index in [0.29, 0.717) is 23.3 Å². The molecule has 0 amide bonds. The maximum atomic E-state index is 6.10. The van der Waals surface area contributed by atoms with Crippen molar-refractivity contribution >= 4 is 0 Å². The molecule has 7 rings (SSSR count). The van der Waals surface area contributed by atoms with Gasteiger partial charge < -0.3 is 9.47 Å². The summed E-state index contributed by atoms with van der Waals surface area (Å²) in [7, 11) is 0. The summed E-state index contributed by atoms with van der Waals surface area (Å²) in [5.41, 5.74) is 5.80. The van der Waals surface area contributed by atoms with E-state index in [4.69, 9.17) is 9.47 Å². The largest absolute Gasteiger partial charge is 2.00 e. The molecule has 0 unspecified atom stereocenters. The van der Waals surface area contributed by atoms with Crippen molar-refractivity contribution in [3.63, 3.8) is 0 Å². The molecule has 194 valence electrons. The molecule has 1 aliphatic rings. The van der Waals surface area contributed by atoms with E-state index in [-0.39, 0.29) is 21.1 Å². The van der Waals surface area contributed by atoms with E-state index in [1.54, 1.807) is 12.4 Å². The molecule has 6 aromatic rings. The molecular formula is C35H22N2O2Pt. The Morgan fingerprint density at radius 3 is 1.30 bits per heavy atom. The second-order valence-electron chi connectivity index (χ2n) is 9.24. The quantitative estimate of drug-likeness (QED) is 0.165. The van der Waals surface area contributed by atoms with Crippen LogP contribution in [0.2, 0.25) is 0 Å². The molecule has 0 saturated heterocycles. The van der Waals surface area contributed by atoms with Crippen LogP contribution < -0.4 is 9.47 Å². The van der Waals surface area contributed by atoms with E-state index in [1.165, 1.54) is 0 Å². The Hall–Kier alpha value is -4.53. The topological polar surface area (TPSA) is 44.2 Å². The van der Waals surface area contributed by atoms with Gasteiger partial charge in [0, 0.05) is 36.0 Å². The molecule has 4 aromatic carbocycles.